The summed E-state index contributed by atoms with van der Waals surface area (Å²) in [5.41, 5.74) is 0. The van der Waals surface area contributed by atoms with Gasteiger partial charge >= 0.3 is 5.97 Å². The second kappa shape index (κ2) is 14.7. The first-order valence-electron chi connectivity index (χ1n) is 10.6. The maximum absolute atomic E-state index is 11.2. The molecular formula is C21H36O8. The first kappa shape index (κ1) is 24.1. The van der Waals surface area contributed by atoms with Gasteiger partial charge in [0.25, 0.3) is 0 Å². The van der Waals surface area contributed by atoms with Gasteiger partial charge in [-0.1, -0.05) is 0 Å². The molecule has 0 N–H and O–H groups in total. The highest BCUT2D eigenvalue weighted by Gasteiger charge is 2.28. The molecule has 0 radical (unpaired) electrons. The zero-order chi connectivity index (χ0) is 20.7. The van der Waals surface area contributed by atoms with Gasteiger partial charge < -0.3 is 33.2 Å². The molecule has 0 aromatic rings. The summed E-state index contributed by atoms with van der Waals surface area (Å²) in [6.07, 6.45) is 9.31. The standard InChI is InChI=1S/C21H36O8/c1-23-16-25-15-20-19(7-3-4-11-28-20)27-13-5-8-17-18(9-6-12-26-17)29-14-10-21(22)24-2/h10,14,17-20H,3-9,11-13,15-16H2,1-2H3/b14-10+/t17-,18+,19-,20+/m0/s1. The van der Waals surface area contributed by atoms with E-state index in [1.54, 1.807) is 7.11 Å². The van der Waals surface area contributed by atoms with Gasteiger partial charge in [0.2, 0.25) is 0 Å². The predicted molar refractivity (Wildman–Crippen MR) is 105 cm³/mol. The molecule has 0 aromatic carbocycles. The fourth-order valence-electron chi connectivity index (χ4n) is 3.59. The number of hydrogen-bond donors (Lipinski definition) is 0. The lowest BCUT2D eigenvalue weighted by atomic mass is 10.0. The Morgan fingerprint density at radius 1 is 1.03 bits per heavy atom. The van der Waals surface area contributed by atoms with Crippen LogP contribution >= 0.6 is 0 Å². The van der Waals surface area contributed by atoms with Gasteiger partial charge in [-0.3, -0.25) is 0 Å². The van der Waals surface area contributed by atoms with Gasteiger partial charge in [0, 0.05) is 26.9 Å². The van der Waals surface area contributed by atoms with Crippen molar-refractivity contribution in [1.29, 1.82) is 0 Å². The smallest absolute Gasteiger partial charge is 0.333 e. The highest BCUT2D eigenvalue weighted by Crippen LogP contribution is 2.23. The molecule has 2 heterocycles. The Hall–Kier alpha value is -1.19. The van der Waals surface area contributed by atoms with Crippen molar-refractivity contribution in [2.45, 2.75) is 69.4 Å². The highest BCUT2D eigenvalue weighted by molar-refractivity contribution is 5.81. The molecule has 0 saturated carbocycles. The quantitative estimate of drug-likeness (QED) is 0.158. The zero-order valence-corrected chi connectivity index (χ0v) is 17.7. The van der Waals surface area contributed by atoms with E-state index in [0.29, 0.717) is 13.2 Å². The minimum atomic E-state index is -0.429. The molecule has 8 heteroatoms. The van der Waals surface area contributed by atoms with Crippen LogP contribution in [0.2, 0.25) is 0 Å². The summed E-state index contributed by atoms with van der Waals surface area (Å²) in [4.78, 5) is 11.2. The van der Waals surface area contributed by atoms with Crippen molar-refractivity contribution in [2.24, 2.45) is 0 Å². The molecule has 8 nitrogen and oxygen atoms in total. The Labute approximate surface area is 173 Å². The lowest BCUT2D eigenvalue weighted by Gasteiger charge is -2.31. The molecule has 2 fully saturated rings. The van der Waals surface area contributed by atoms with Crippen molar-refractivity contribution < 1.29 is 38.0 Å². The SMILES string of the molecule is COCOC[C@H]1OCCCC[C@@H]1OCCC[C@@H]1OCCC[C@H]1O/C=C/C(=O)OC. The number of hydrogen-bond acceptors (Lipinski definition) is 8. The average molecular weight is 417 g/mol. The monoisotopic (exact) mass is 416 g/mol. The lowest BCUT2D eigenvalue weighted by Crippen LogP contribution is -2.36. The van der Waals surface area contributed by atoms with Gasteiger partial charge in [0.15, 0.2) is 0 Å². The minimum absolute atomic E-state index is 0.000800. The average Bonchev–Trinajstić information content (AvgIpc) is 2.97. The molecule has 0 unspecified atom stereocenters. The topological polar surface area (TPSA) is 81.7 Å². The van der Waals surface area contributed by atoms with Gasteiger partial charge in [-0.2, -0.15) is 0 Å². The van der Waals surface area contributed by atoms with Crippen molar-refractivity contribution in [3.8, 4) is 0 Å². The number of methoxy groups -OCH3 is 2. The first-order valence-corrected chi connectivity index (χ1v) is 10.6. The molecule has 2 rings (SSSR count). The number of ether oxygens (including phenoxy) is 7. The normalized spacial score (nSPS) is 28.2. The van der Waals surface area contributed by atoms with Crippen LogP contribution in [0.1, 0.15) is 44.9 Å². The summed E-state index contributed by atoms with van der Waals surface area (Å²) in [7, 11) is 2.95. The summed E-state index contributed by atoms with van der Waals surface area (Å²) < 4.78 is 38.6. The van der Waals surface area contributed by atoms with Crippen molar-refractivity contribution in [1.82, 2.24) is 0 Å². The van der Waals surface area contributed by atoms with Crippen molar-refractivity contribution in [2.75, 3.05) is 47.4 Å². The van der Waals surface area contributed by atoms with Crippen LogP contribution in [0.3, 0.4) is 0 Å². The Balaban J connectivity index is 1.71. The molecule has 2 saturated heterocycles. The van der Waals surface area contributed by atoms with Crippen LogP contribution in [0.15, 0.2) is 12.3 Å². The molecule has 2 aliphatic rings. The van der Waals surface area contributed by atoms with E-state index >= 15 is 0 Å². The van der Waals surface area contributed by atoms with Gasteiger partial charge in [0.1, 0.15) is 19.0 Å². The van der Waals surface area contributed by atoms with Crippen LogP contribution in [0.25, 0.3) is 0 Å². The number of esters is 1. The van der Waals surface area contributed by atoms with Crippen LogP contribution < -0.4 is 0 Å². The highest BCUT2D eigenvalue weighted by atomic mass is 16.7. The molecule has 0 amide bonds. The molecule has 29 heavy (non-hydrogen) atoms. The van der Waals surface area contributed by atoms with E-state index < -0.39 is 5.97 Å². The van der Waals surface area contributed by atoms with E-state index in [9.17, 15) is 4.79 Å². The third kappa shape index (κ3) is 9.44. The Morgan fingerprint density at radius 3 is 2.66 bits per heavy atom. The summed E-state index contributed by atoms with van der Waals surface area (Å²) in [6.45, 7) is 2.86. The van der Waals surface area contributed by atoms with Gasteiger partial charge in [-0.25, -0.2) is 4.79 Å². The van der Waals surface area contributed by atoms with E-state index in [0.717, 1.165) is 58.2 Å². The Kier molecular flexibility index (Phi) is 12.2. The maximum Gasteiger partial charge on any atom is 0.333 e. The van der Waals surface area contributed by atoms with Crippen LogP contribution in [-0.4, -0.2) is 77.8 Å². The molecular weight excluding hydrogens is 380 g/mol. The van der Waals surface area contributed by atoms with Crippen LogP contribution in [-0.2, 0) is 38.0 Å². The molecule has 0 aromatic heterocycles. The second-order valence-corrected chi connectivity index (χ2v) is 7.29. The third-order valence-corrected chi connectivity index (χ3v) is 5.12. The summed E-state index contributed by atoms with van der Waals surface area (Å²) in [5.74, 6) is -0.429. The zero-order valence-electron chi connectivity index (χ0n) is 17.7. The molecule has 0 aliphatic carbocycles. The second-order valence-electron chi connectivity index (χ2n) is 7.29. The van der Waals surface area contributed by atoms with Gasteiger partial charge in [0.05, 0.1) is 38.3 Å². The van der Waals surface area contributed by atoms with E-state index in [-0.39, 0.29) is 31.2 Å². The molecule has 0 bridgehead atoms. The van der Waals surface area contributed by atoms with Gasteiger partial charge in [-0.15, -0.1) is 0 Å². The predicted octanol–water partition coefficient (Wildman–Crippen LogP) is 2.59. The van der Waals surface area contributed by atoms with E-state index in [2.05, 4.69) is 4.74 Å². The maximum atomic E-state index is 11.2. The lowest BCUT2D eigenvalue weighted by molar-refractivity contribution is -0.135. The van der Waals surface area contributed by atoms with Gasteiger partial charge in [-0.05, 0) is 44.9 Å². The van der Waals surface area contributed by atoms with Crippen LogP contribution in [0, 0.1) is 0 Å². The molecule has 4 atom stereocenters. The van der Waals surface area contributed by atoms with E-state index in [1.807, 2.05) is 0 Å². The Morgan fingerprint density at radius 2 is 1.83 bits per heavy atom. The summed E-state index contributed by atoms with van der Waals surface area (Å²) in [5, 5.41) is 0. The third-order valence-electron chi connectivity index (χ3n) is 5.12. The molecule has 0 spiro atoms. The largest absolute Gasteiger partial charge is 0.495 e. The first-order chi connectivity index (χ1) is 14.2. The van der Waals surface area contributed by atoms with Crippen molar-refractivity contribution in [3.63, 3.8) is 0 Å². The summed E-state index contributed by atoms with van der Waals surface area (Å²) >= 11 is 0. The van der Waals surface area contributed by atoms with Crippen LogP contribution in [0.4, 0.5) is 0 Å². The molecule has 2 aliphatic heterocycles. The molecule has 168 valence electrons. The summed E-state index contributed by atoms with van der Waals surface area (Å²) in [6, 6.07) is 0. The number of carbonyl (C=O) groups is 1. The van der Waals surface area contributed by atoms with E-state index in [1.165, 1.54) is 19.4 Å². The van der Waals surface area contributed by atoms with Crippen LogP contribution in [0.5, 0.6) is 0 Å². The fraction of sp³-hybridized carbons (Fsp3) is 0.857. The van der Waals surface area contributed by atoms with Crippen molar-refractivity contribution in [3.05, 3.63) is 12.3 Å². The van der Waals surface area contributed by atoms with Crippen molar-refractivity contribution >= 4 is 5.97 Å². The minimum Gasteiger partial charge on any atom is -0.495 e. The fourth-order valence-corrected chi connectivity index (χ4v) is 3.59. The number of rotatable bonds is 12. The number of carbonyl (C=O) groups excluding carboxylic acids is 1. The van der Waals surface area contributed by atoms with E-state index in [4.69, 9.17) is 28.4 Å². The Bertz CT molecular complexity index is 470.